The molecule has 0 aromatic heterocycles. The van der Waals surface area contributed by atoms with Crippen LogP contribution in [0.2, 0.25) is 0 Å². The van der Waals surface area contributed by atoms with Crippen molar-refractivity contribution in [3.63, 3.8) is 0 Å². The molecule has 1 atom stereocenters. The molecular weight excluding hydrogens is 202 g/mol. The lowest BCUT2D eigenvalue weighted by Crippen LogP contribution is -2.41. The Bertz CT molecular complexity index is 227. The second-order valence-electron chi connectivity index (χ2n) is 5.83. The number of carbonyl (C=O) groups is 1. The molecule has 0 aromatic carbocycles. The van der Waals surface area contributed by atoms with Gasteiger partial charge in [-0.3, -0.25) is 0 Å². The molecule has 1 amide bonds. The second-order valence-corrected chi connectivity index (χ2v) is 5.83. The fraction of sp³-hybridized carbons (Fsp3) is 0.923. The van der Waals surface area contributed by atoms with Crippen LogP contribution in [0.25, 0.3) is 0 Å². The summed E-state index contributed by atoms with van der Waals surface area (Å²) in [6.45, 7) is 7.74. The first kappa shape index (κ1) is 13.3. The minimum absolute atomic E-state index is 0.232. The molecule has 0 radical (unpaired) electrons. The predicted molar refractivity (Wildman–Crippen MR) is 65.4 cm³/mol. The van der Waals surface area contributed by atoms with Gasteiger partial charge in [0.05, 0.1) is 0 Å². The highest BCUT2D eigenvalue weighted by molar-refractivity contribution is 5.68. The first-order valence-corrected chi connectivity index (χ1v) is 6.38. The maximum Gasteiger partial charge on any atom is 0.407 e. The standard InChI is InChI=1S/C13H25NO2/c1-10(11-8-6-5-7-9-11)14-12(15)16-13(2,3)4/h10-11H,5-9H2,1-4H3,(H,14,15)/t10-/m0/s1. The number of rotatable bonds is 2. The Labute approximate surface area is 98.9 Å². The molecule has 1 aliphatic rings. The summed E-state index contributed by atoms with van der Waals surface area (Å²) < 4.78 is 5.25. The molecule has 1 fully saturated rings. The maximum atomic E-state index is 11.6. The third-order valence-electron chi connectivity index (χ3n) is 3.10. The number of hydrogen-bond acceptors (Lipinski definition) is 2. The minimum Gasteiger partial charge on any atom is -0.444 e. The molecular formula is C13H25NO2. The van der Waals surface area contributed by atoms with Crippen LogP contribution in [0.3, 0.4) is 0 Å². The van der Waals surface area contributed by atoms with E-state index in [0.29, 0.717) is 5.92 Å². The lowest BCUT2D eigenvalue weighted by Gasteiger charge is -2.29. The quantitative estimate of drug-likeness (QED) is 0.784. The van der Waals surface area contributed by atoms with Crippen molar-refractivity contribution in [3.8, 4) is 0 Å². The van der Waals surface area contributed by atoms with E-state index in [9.17, 15) is 4.79 Å². The molecule has 1 saturated carbocycles. The summed E-state index contributed by atoms with van der Waals surface area (Å²) >= 11 is 0. The summed E-state index contributed by atoms with van der Waals surface area (Å²) in [5, 5.41) is 2.94. The van der Waals surface area contributed by atoms with E-state index in [0.717, 1.165) is 0 Å². The molecule has 0 saturated heterocycles. The number of amides is 1. The van der Waals surface area contributed by atoms with Crippen LogP contribution in [0.4, 0.5) is 4.79 Å². The van der Waals surface area contributed by atoms with Crippen molar-refractivity contribution in [1.82, 2.24) is 5.32 Å². The summed E-state index contributed by atoms with van der Waals surface area (Å²) in [7, 11) is 0. The van der Waals surface area contributed by atoms with Gasteiger partial charge in [-0.05, 0) is 46.5 Å². The fourth-order valence-corrected chi connectivity index (χ4v) is 2.25. The average molecular weight is 227 g/mol. The Kier molecular flexibility index (Phi) is 4.63. The van der Waals surface area contributed by atoms with Crippen LogP contribution in [0.15, 0.2) is 0 Å². The van der Waals surface area contributed by atoms with E-state index in [2.05, 4.69) is 12.2 Å². The van der Waals surface area contributed by atoms with Crippen LogP contribution in [-0.4, -0.2) is 17.7 Å². The van der Waals surface area contributed by atoms with Gasteiger partial charge in [-0.2, -0.15) is 0 Å². The SMILES string of the molecule is C[C@H](NC(=O)OC(C)(C)C)C1CCCCC1. The van der Waals surface area contributed by atoms with Crippen LogP contribution in [0, 0.1) is 5.92 Å². The van der Waals surface area contributed by atoms with Crippen molar-refractivity contribution >= 4 is 6.09 Å². The topological polar surface area (TPSA) is 38.3 Å². The van der Waals surface area contributed by atoms with Crippen molar-refractivity contribution < 1.29 is 9.53 Å². The summed E-state index contributed by atoms with van der Waals surface area (Å²) in [5.74, 6) is 0.626. The molecule has 1 aliphatic carbocycles. The highest BCUT2D eigenvalue weighted by Gasteiger charge is 2.23. The lowest BCUT2D eigenvalue weighted by molar-refractivity contribution is 0.0484. The van der Waals surface area contributed by atoms with Gasteiger partial charge in [0.1, 0.15) is 5.60 Å². The zero-order valence-corrected chi connectivity index (χ0v) is 11.0. The Morgan fingerprint density at radius 1 is 1.25 bits per heavy atom. The third kappa shape index (κ3) is 4.86. The molecule has 0 spiro atoms. The molecule has 0 unspecified atom stereocenters. The normalized spacial score (nSPS) is 20.2. The molecule has 0 bridgehead atoms. The molecule has 94 valence electrons. The van der Waals surface area contributed by atoms with Gasteiger partial charge in [0.25, 0.3) is 0 Å². The summed E-state index contributed by atoms with van der Waals surface area (Å²) in [5.41, 5.74) is -0.406. The molecule has 16 heavy (non-hydrogen) atoms. The molecule has 0 aromatic rings. The van der Waals surface area contributed by atoms with E-state index in [4.69, 9.17) is 4.74 Å². The van der Waals surface area contributed by atoms with Gasteiger partial charge >= 0.3 is 6.09 Å². The van der Waals surface area contributed by atoms with E-state index in [-0.39, 0.29) is 12.1 Å². The van der Waals surface area contributed by atoms with Crippen molar-refractivity contribution in [2.24, 2.45) is 5.92 Å². The van der Waals surface area contributed by atoms with Gasteiger partial charge in [-0.15, -0.1) is 0 Å². The van der Waals surface area contributed by atoms with E-state index >= 15 is 0 Å². The minimum atomic E-state index is -0.406. The van der Waals surface area contributed by atoms with E-state index in [1.165, 1.54) is 32.1 Å². The number of ether oxygens (including phenoxy) is 1. The van der Waals surface area contributed by atoms with Crippen molar-refractivity contribution in [3.05, 3.63) is 0 Å². The second kappa shape index (κ2) is 5.55. The summed E-state index contributed by atoms with van der Waals surface area (Å²) in [4.78, 5) is 11.6. The van der Waals surface area contributed by atoms with Gasteiger partial charge in [-0.1, -0.05) is 19.3 Å². The van der Waals surface area contributed by atoms with Crippen LogP contribution < -0.4 is 5.32 Å². The number of nitrogens with one attached hydrogen (secondary N) is 1. The van der Waals surface area contributed by atoms with Crippen LogP contribution in [0.5, 0.6) is 0 Å². The molecule has 0 heterocycles. The predicted octanol–water partition coefficient (Wildman–Crippen LogP) is 3.48. The molecule has 3 nitrogen and oxygen atoms in total. The van der Waals surface area contributed by atoms with Gasteiger partial charge in [0, 0.05) is 6.04 Å². The first-order chi connectivity index (χ1) is 7.38. The van der Waals surface area contributed by atoms with Gasteiger partial charge in [0.2, 0.25) is 0 Å². The van der Waals surface area contributed by atoms with Crippen molar-refractivity contribution in [2.45, 2.75) is 71.4 Å². The van der Waals surface area contributed by atoms with Gasteiger partial charge in [-0.25, -0.2) is 4.79 Å². The highest BCUT2D eigenvalue weighted by Crippen LogP contribution is 2.26. The van der Waals surface area contributed by atoms with E-state index in [1.807, 2.05) is 20.8 Å². The van der Waals surface area contributed by atoms with Crippen molar-refractivity contribution in [2.75, 3.05) is 0 Å². The third-order valence-corrected chi connectivity index (χ3v) is 3.10. The maximum absolute atomic E-state index is 11.6. The zero-order valence-electron chi connectivity index (χ0n) is 11.0. The summed E-state index contributed by atoms with van der Waals surface area (Å²) in [6, 6.07) is 0.232. The van der Waals surface area contributed by atoms with Crippen LogP contribution >= 0.6 is 0 Å². The number of hydrogen-bond donors (Lipinski definition) is 1. The Hall–Kier alpha value is -0.730. The van der Waals surface area contributed by atoms with E-state index in [1.54, 1.807) is 0 Å². The molecule has 1 N–H and O–H groups in total. The largest absolute Gasteiger partial charge is 0.444 e. The lowest BCUT2D eigenvalue weighted by atomic mass is 9.85. The number of alkyl carbamates (subject to hydrolysis) is 1. The Morgan fingerprint density at radius 3 is 2.31 bits per heavy atom. The monoisotopic (exact) mass is 227 g/mol. The van der Waals surface area contributed by atoms with Crippen LogP contribution in [-0.2, 0) is 4.74 Å². The molecule has 1 rings (SSSR count). The van der Waals surface area contributed by atoms with E-state index < -0.39 is 5.60 Å². The number of carbonyl (C=O) groups excluding carboxylic acids is 1. The van der Waals surface area contributed by atoms with Gasteiger partial charge in [0.15, 0.2) is 0 Å². The average Bonchev–Trinajstić information content (AvgIpc) is 2.16. The van der Waals surface area contributed by atoms with Crippen molar-refractivity contribution in [1.29, 1.82) is 0 Å². The highest BCUT2D eigenvalue weighted by atomic mass is 16.6. The Morgan fingerprint density at radius 2 is 1.81 bits per heavy atom. The summed E-state index contributed by atoms with van der Waals surface area (Å²) in [6.07, 6.45) is 6.12. The van der Waals surface area contributed by atoms with Crippen LogP contribution in [0.1, 0.15) is 59.8 Å². The first-order valence-electron chi connectivity index (χ1n) is 6.38. The fourth-order valence-electron chi connectivity index (χ4n) is 2.25. The molecule has 0 aliphatic heterocycles. The zero-order chi connectivity index (χ0) is 12.2. The Balaban J connectivity index is 2.32. The van der Waals surface area contributed by atoms with Gasteiger partial charge < -0.3 is 10.1 Å². The smallest absolute Gasteiger partial charge is 0.407 e. The molecule has 3 heteroatoms.